The largest absolute Gasteiger partial charge is 0.511 e. The van der Waals surface area contributed by atoms with Gasteiger partial charge in [-0.1, -0.05) is 58.5 Å². The lowest BCUT2D eigenvalue weighted by molar-refractivity contribution is -0.164. The van der Waals surface area contributed by atoms with Crippen molar-refractivity contribution in [2.45, 2.75) is 76.7 Å². The summed E-state index contributed by atoms with van der Waals surface area (Å²) < 4.78 is 37.2. The number of nitrogens with zero attached hydrogens (tertiary/aromatic N) is 1. The predicted molar refractivity (Wildman–Crippen MR) is 156 cm³/mol. The van der Waals surface area contributed by atoms with Gasteiger partial charge in [-0.3, -0.25) is 0 Å². The minimum Gasteiger partial charge on any atom is -0.511 e. The normalized spacial score (nSPS) is 18.6. The number of aliphatic hydroxyl groups excluding tert-OH is 1. The van der Waals surface area contributed by atoms with Gasteiger partial charge < -0.3 is 19.8 Å². The number of esters is 1. The first kappa shape index (κ1) is 30.8. The standard InChI is InChI=1S/C29H40N2O6S2/c1-18(2)29(14-13-20-9-11-21(30)12-10-20)17-23(32)26(27(33)36-29)38-25-15-19(3)24(16-22(25)28(4,5)6)37-39(34,35)31(7)8/h9-12,15-16,18,32H,13-14,17,30H2,1-8H3. The molecule has 0 bridgehead atoms. The molecule has 2 aromatic rings. The first-order valence-corrected chi connectivity index (χ1v) is 15.1. The lowest BCUT2D eigenvalue weighted by Crippen LogP contribution is -2.44. The molecule has 0 fully saturated rings. The van der Waals surface area contributed by atoms with Crippen LogP contribution in [0.15, 0.2) is 52.0 Å². The number of cyclic esters (lactones) is 1. The molecule has 8 nitrogen and oxygen atoms in total. The van der Waals surface area contributed by atoms with Crippen molar-refractivity contribution < 1.29 is 27.2 Å². The van der Waals surface area contributed by atoms with Gasteiger partial charge in [0.1, 0.15) is 22.0 Å². The number of carbonyl (C=O) groups is 1. The number of benzene rings is 2. The molecule has 0 saturated carbocycles. The maximum atomic E-state index is 13.4. The number of nitrogen functional groups attached to an aromatic ring is 1. The monoisotopic (exact) mass is 576 g/mol. The van der Waals surface area contributed by atoms with Crippen molar-refractivity contribution in [3.63, 3.8) is 0 Å². The SMILES string of the molecule is Cc1cc(SC2=C(O)CC(CCc3ccc(N)cc3)(C(C)C)OC2=O)c(C(C)(C)C)cc1OS(=O)(=O)N(C)C. The van der Waals surface area contributed by atoms with Crippen molar-refractivity contribution in [2.24, 2.45) is 5.92 Å². The van der Waals surface area contributed by atoms with Crippen molar-refractivity contribution in [3.05, 3.63) is 63.8 Å². The third kappa shape index (κ3) is 7.10. The Morgan fingerprint density at radius 2 is 1.79 bits per heavy atom. The number of hydrogen-bond acceptors (Lipinski definition) is 8. The van der Waals surface area contributed by atoms with Gasteiger partial charge in [0.25, 0.3) is 0 Å². The Labute approximate surface area is 236 Å². The fourth-order valence-electron chi connectivity index (χ4n) is 4.36. The molecule has 39 heavy (non-hydrogen) atoms. The Kier molecular flexibility index (Phi) is 9.04. The number of ether oxygens (including phenoxy) is 1. The molecule has 0 spiro atoms. The molecule has 1 atom stereocenters. The summed E-state index contributed by atoms with van der Waals surface area (Å²) in [6, 6.07) is 11.1. The molecular weight excluding hydrogens is 536 g/mol. The van der Waals surface area contributed by atoms with E-state index in [1.165, 1.54) is 14.1 Å². The van der Waals surface area contributed by atoms with Gasteiger partial charge >= 0.3 is 16.3 Å². The molecule has 0 saturated heterocycles. The number of rotatable bonds is 9. The van der Waals surface area contributed by atoms with E-state index in [2.05, 4.69) is 0 Å². The Hall–Kier alpha value is -2.69. The average Bonchev–Trinajstić information content (AvgIpc) is 2.81. The van der Waals surface area contributed by atoms with E-state index in [0.29, 0.717) is 29.0 Å². The van der Waals surface area contributed by atoms with Crippen LogP contribution in [0.3, 0.4) is 0 Å². The Morgan fingerprint density at radius 3 is 2.31 bits per heavy atom. The maximum Gasteiger partial charge on any atom is 0.384 e. The summed E-state index contributed by atoms with van der Waals surface area (Å²) in [4.78, 5) is 14.2. The van der Waals surface area contributed by atoms with Crippen LogP contribution in [-0.4, -0.2) is 43.5 Å². The summed E-state index contributed by atoms with van der Waals surface area (Å²) in [5.74, 6) is -0.381. The van der Waals surface area contributed by atoms with Crippen LogP contribution in [0.4, 0.5) is 5.69 Å². The van der Waals surface area contributed by atoms with Crippen molar-refractivity contribution in [1.82, 2.24) is 4.31 Å². The number of aliphatic hydroxyl groups is 1. The molecule has 0 aromatic heterocycles. The zero-order chi connectivity index (χ0) is 29.3. The Morgan fingerprint density at radius 1 is 1.18 bits per heavy atom. The number of aryl methyl sites for hydroxylation is 2. The number of carbonyl (C=O) groups excluding carboxylic acids is 1. The zero-order valence-corrected chi connectivity index (χ0v) is 25.6. The highest BCUT2D eigenvalue weighted by molar-refractivity contribution is 8.04. The van der Waals surface area contributed by atoms with Gasteiger partial charge in [0.05, 0.1) is 0 Å². The van der Waals surface area contributed by atoms with E-state index < -0.39 is 27.3 Å². The van der Waals surface area contributed by atoms with Crippen LogP contribution < -0.4 is 9.92 Å². The second-order valence-electron chi connectivity index (χ2n) is 11.6. The van der Waals surface area contributed by atoms with E-state index in [1.807, 2.05) is 58.9 Å². The smallest absolute Gasteiger partial charge is 0.384 e. The predicted octanol–water partition coefficient (Wildman–Crippen LogP) is 5.90. The molecule has 3 N–H and O–H groups in total. The molecule has 0 amide bonds. The highest BCUT2D eigenvalue weighted by Gasteiger charge is 2.44. The van der Waals surface area contributed by atoms with Crippen molar-refractivity contribution in [1.29, 1.82) is 0 Å². The molecule has 1 aliphatic rings. The number of nitrogens with two attached hydrogens (primary N) is 1. The zero-order valence-electron chi connectivity index (χ0n) is 24.0. The molecule has 0 aliphatic carbocycles. The summed E-state index contributed by atoms with van der Waals surface area (Å²) in [5.41, 5.74) is 7.68. The van der Waals surface area contributed by atoms with Crippen LogP contribution in [0.2, 0.25) is 0 Å². The van der Waals surface area contributed by atoms with E-state index in [-0.39, 0.29) is 28.8 Å². The molecule has 1 heterocycles. The Balaban J connectivity index is 1.94. The molecular formula is C29H40N2O6S2. The van der Waals surface area contributed by atoms with Gasteiger partial charge in [0.2, 0.25) is 0 Å². The summed E-state index contributed by atoms with van der Waals surface area (Å²) in [7, 11) is -1.15. The quantitative estimate of drug-likeness (QED) is 0.280. The minimum absolute atomic E-state index is 0.00437. The average molecular weight is 577 g/mol. The molecule has 1 aliphatic heterocycles. The van der Waals surface area contributed by atoms with E-state index in [0.717, 1.165) is 27.2 Å². The van der Waals surface area contributed by atoms with Crippen molar-refractivity contribution >= 4 is 33.7 Å². The lowest BCUT2D eigenvalue weighted by Gasteiger charge is -2.40. The highest BCUT2D eigenvalue weighted by atomic mass is 32.2. The van der Waals surface area contributed by atoms with Crippen LogP contribution >= 0.6 is 11.8 Å². The molecule has 0 radical (unpaired) electrons. The second-order valence-corrected chi connectivity index (χ2v) is 14.4. The maximum absolute atomic E-state index is 13.4. The van der Waals surface area contributed by atoms with E-state index >= 15 is 0 Å². The number of hydrogen-bond donors (Lipinski definition) is 2. The van der Waals surface area contributed by atoms with Crippen molar-refractivity contribution in [2.75, 3.05) is 19.8 Å². The van der Waals surface area contributed by atoms with Gasteiger partial charge in [-0.25, -0.2) is 4.79 Å². The van der Waals surface area contributed by atoms with Gasteiger partial charge in [0.15, 0.2) is 0 Å². The fraction of sp³-hybridized carbons (Fsp3) is 0.483. The number of thioether (sulfide) groups is 1. The van der Waals surface area contributed by atoms with Gasteiger partial charge in [-0.15, -0.1) is 0 Å². The van der Waals surface area contributed by atoms with Gasteiger partial charge in [-0.05, 0) is 72.1 Å². The van der Waals surface area contributed by atoms with E-state index in [9.17, 15) is 18.3 Å². The molecule has 1 unspecified atom stereocenters. The van der Waals surface area contributed by atoms with Crippen LogP contribution in [0, 0.1) is 12.8 Å². The molecule has 214 valence electrons. The first-order valence-electron chi connectivity index (χ1n) is 12.9. The van der Waals surface area contributed by atoms with Crippen LogP contribution in [0.1, 0.15) is 64.2 Å². The lowest BCUT2D eigenvalue weighted by atomic mass is 9.80. The molecule has 3 rings (SSSR count). The van der Waals surface area contributed by atoms with Gasteiger partial charge in [0, 0.05) is 31.1 Å². The molecule has 2 aromatic carbocycles. The summed E-state index contributed by atoms with van der Waals surface area (Å²) in [5, 5.41) is 11.2. The van der Waals surface area contributed by atoms with Crippen LogP contribution in [-0.2, 0) is 31.7 Å². The second kappa shape index (κ2) is 11.4. The topological polar surface area (TPSA) is 119 Å². The van der Waals surface area contributed by atoms with E-state index in [4.69, 9.17) is 14.7 Å². The third-order valence-corrected chi connectivity index (χ3v) is 9.47. The van der Waals surface area contributed by atoms with Crippen molar-refractivity contribution in [3.8, 4) is 5.75 Å². The Bertz CT molecular complexity index is 1360. The third-order valence-electron chi connectivity index (χ3n) is 7.02. The highest BCUT2D eigenvalue weighted by Crippen LogP contribution is 2.46. The first-order chi connectivity index (χ1) is 17.9. The summed E-state index contributed by atoms with van der Waals surface area (Å²) >= 11 is 1.14. The molecule has 10 heteroatoms. The summed E-state index contributed by atoms with van der Waals surface area (Å²) in [6.07, 6.45) is 1.44. The van der Waals surface area contributed by atoms with Crippen LogP contribution in [0.5, 0.6) is 5.75 Å². The van der Waals surface area contributed by atoms with Crippen LogP contribution in [0.25, 0.3) is 0 Å². The fourth-order valence-corrected chi connectivity index (χ4v) is 6.16. The summed E-state index contributed by atoms with van der Waals surface area (Å²) in [6.45, 7) is 11.7. The minimum atomic E-state index is -3.95. The number of anilines is 1. The van der Waals surface area contributed by atoms with Gasteiger partial charge in [-0.2, -0.15) is 12.7 Å². The van der Waals surface area contributed by atoms with E-state index in [1.54, 1.807) is 19.1 Å².